The summed E-state index contributed by atoms with van der Waals surface area (Å²) in [5.41, 5.74) is 1.26. The maximum atomic E-state index is 5.93. The van der Waals surface area contributed by atoms with Gasteiger partial charge in [0.15, 0.2) is 0 Å². The van der Waals surface area contributed by atoms with E-state index in [0.29, 0.717) is 6.04 Å². The number of aryl methyl sites for hydroxylation is 1. The van der Waals surface area contributed by atoms with Gasteiger partial charge in [0.05, 0.1) is 19.4 Å². The minimum absolute atomic E-state index is 0.678. The molecule has 1 fully saturated rings. The monoisotopic (exact) mass is 288 g/mol. The number of nitrogens with zero attached hydrogens (tertiary/aromatic N) is 1. The third kappa shape index (κ3) is 3.77. The molecular weight excluding hydrogens is 264 g/mol. The van der Waals surface area contributed by atoms with Crippen LogP contribution in [-0.4, -0.2) is 17.5 Å². The van der Waals surface area contributed by atoms with Gasteiger partial charge in [-0.2, -0.15) is 0 Å². The van der Waals surface area contributed by atoms with Crippen molar-refractivity contribution in [1.82, 2.24) is 10.2 Å². The number of furan rings is 2. The molecule has 114 valence electrons. The van der Waals surface area contributed by atoms with Crippen LogP contribution in [0.4, 0.5) is 0 Å². The lowest BCUT2D eigenvalue weighted by Gasteiger charge is -2.19. The summed E-state index contributed by atoms with van der Waals surface area (Å²) in [6.07, 6.45) is 4.31. The number of nitrogens with one attached hydrogen (secondary N) is 1. The molecule has 1 aliphatic rings. The standard InChI is InChI=1S/C17H24N2O2/c1-3-18-10-14-9-17(21-13(14)2)12-19(15-6-7-15)11-16-5-4-8-20-16/h4-5,8-9,15,18H,3,6-7,10-12H2,1-2H3. The zero-order valence-corrected chi connectivity index (χ0v) is 12.9. The third-order valence-electron chi connectivity index (χ3n) is 4.00. The molecule has 0 aromatic carbocycles. The molecule has 1 aliphatic carbocycles. The fourth-order valence-electron chi connectivity index (χ4n) is 2.66. The van der Waals surface area contributed by atoms with Gasteiger partial charge in [-0.05, 0) is 44.5 Å². The summed E-state index contributed by atoms with van der Waals surface area (Å²) in [6, 6.07) is 6.86. The van der Waals surface area contributed by atoms with Crippen molar-refractivity contribution in [2.75, 3.05) is 6.54 Å². The molecular formula is C17H24N2O2. The van der Waals surface area contributed by atoms with Crippen LogP contribution in [0.2, 0.25) is 0 Å². The van der Waals surface area contributed by atoms with Gasteiger partial charge < -0.3 is 14.2 Å². The molecule has 1 saturated carbocycles. The van der Waals surface area contributed by atoms with Crippen molar-refractivity contribution in [2.45, 2.75) is 52.4 Å². The van der Waals surface area contributed by atoms with E-state index in [2.05, 4.69) is 23.2 Å². The first-order chi connectivity index (χ1) is 10.3. The first kappa shape index (κ1) is 14.4. The molecule has 0 bridgehead atoms. The van der Waals surface area contributed by atoms with Crippen molar-refractivity contribution in [1.29, 1.82) is 0 Å². The van der Waals surface area contributed by atoms with Gasteiger partial charge >= 0.3 is 0 Å². The second kappa shape index (κ2) is 6.50. The second-order valence-corrected chi connectivity index (χ2v) is 5.79. The molecule has 21 heavy (non-hydrogen) atoms. The molecule has 0 amide bonds. The predicted octanol–water partition coefficient (Wildman–Crippen LogP) is 3.46. The van der Waals surface area contributed by atoms with E-state index in [1.807, 2.05) is 19.1 Å². The quantitative estimate of drug-likeness (QED) is 0.807. The van der Waals surface area contributed by atoms with Gasteiger partial charge in [0, 0.05) is 18.2 Å². The van der Waals surface area contributed by atoms with E-state index >= 15 is 0 Å². The first-order valence-corrected chi connectivity index (χ1v) is 7.81. The summed E-state index contributed by atoms with van der Waals surface area (Å²) in [7, 11) is 0. The van der Waals surface area contributed by atoms with Gasteiger partial charge in [0.1, 0.15) is 17.3 Å². The van der Waals surface area contributed by atoms with Crippen molar-refractivity contribution in [2.24, 2.45) is 0 Å². The van der Waals surface area contributed by atoms with Crippen LogP contribution in [0.1, 0.15) is 42.6 Å². The fourth-order valence-corrected chi connectivity index (χ4v) is 2.66. The lowest BCUT2D eigenvalue weighted by atomic mass is 10.2. The molecule has 0 spiro atoms. The Morgan fingerprint density at radius 2 is 2.10 bits per heavy atom. The van der Waals surface area contributed by atoms with E-state index in [-0.39, 0.29) is 0 Å². The van der Waals surface area contributed by atoms with E-state index in [0.717, 1.165) is 43.5 Å². The molecule has 0 saturated heterocycles. The van der Waals surface area contributed by atoms with Crippen LogP contribution in [0.5, 0.6) is 0 Å². The maximum absolute atomic E-state index is 5.93. The highest BCUT2D eigenvalue weighted by molar-refractivity contribution is 5.21. The average Bonchev–Trinajstić information content (AvgIpc) is 3.09. The molecule has 1 N–H and O–H groups in total. The summed E-state index contributed by atoms with van der Waals surface area (Å²) in [5, 5.41) is 3.35. The van der Waals surface area contributed by atoms with Crippen LogP contribution < -0.4 is 5.32 Å². The second-order valence-electron chi connectivity index (χ2n) is 5.79. The highest BCUT2D eigenvalue weighted by atomic mass is 16.3. The summed E-state index contributed by atoms with van der Waals surface area (Å²) >= 11 is 0. The maximum Gasteiger partial charge on any atom is 0.118 e. The van der Waals surface area contributed by atoms with E-state index in [1.54, 1.807) is 6.26 Å². The Morgan fingerprint density at radius 3 is 2.76 bits per heavy atom. The van der Waals surface area contributed by atoms with Gasteiger partial charge in [-0.1, -0.05) is 6.92 Å². The third-order valence-corrected chi connectivity index (χ3v) is 4.00. The minimum Gasteiger partial charge on any atom is -0.468 e. The van der Waals surface area contributed by atoms with Crippen molar-refractivity contribution in [3.05, 3.63) is 47.3 Å². The fraction of sp³-hybridized carbons (Fsp3) is 0.529. The summed E-state index contributed by atoms with van der Waals surface area (Å²) < 4.78 is 11.4. The Morgan fingerprint density at radius 1 is 1.29 bits per heavy atom. The molecule has 2 heterocycles. The Labute approximate surface area is 126 Å². The topological polar surface area (TPSA) is 41.5 Å². The van der Waals surface area contributed by atoms with E-state index in [9.17, 15) is 0 Å². The lowest BCUT2D eigenvalue weighted by Crippen LogP contribution is -2.24. The van der Waals surface area contributed by atoms with E-state index in [4.69, 9.17) is 8.83 Å². The Hall–Kier alpha value is -1.52. The molecule has 4 heteroatoms. The van der Waals surface area contributed by atoms with Crippen molar-refractivity contribution < 1.29 is 8.83 Å². The molecule has 0 atom stereocenters. The van der Waals surface area contributed by atoms with Crippen molar-refractivity contribution >= 4 is 0 Å². The van der Waals surface area contributed by atoms with Crippen LogP contribution in [0.3, 0.4) is 0 Å². The summed E-state index contributed by atoms with van der Waals surface area (Å²) in [4.78, 5) is 2.45. The van der Waals surface area contributed by atoms with Crippen molar-refractivity contribution in [3.8, 4) is 0 Å². The van der Waals surface area contributed by atoms with E-state index in [1.165, 1.54) is 18.4 Å². The van der Waals surface area contributed by atoms with Crippen LogP contribution in [0.25, 0.3) is 0 Å². The molecule has 3 rings (SSSR count). The molecule has 0 radical (unpaired) electrons. The van der Waals surface area contributed by atoms with Gasteiger partial charge in [-0.15, -0.1) is 0 Å². The summed E-state index contributed by atoms with van der Waals surface area (Å²) in [6.45, 7) is 7.75. The van der Waals surface area contributed by atoms with Gasteiger partial charge in [-0.25, -0.2) is 0 Å². The number of rotatable bonds is 8. The highest BCUT2D eigenvalue weighted by Crippen LogP contribution is 2.30. The average molecular weight is 288 g/mol. The van der Waals surface area contributed by atoms with E-state index < -0.39 is 0 Å². The predicted molar refractivity (Wildman–Crippen MR) is 81.8 cm³/mol. The number of hydrogen-bond donors (Lipinski definition) is 1. The molecule has 0 unspecified atom stereocenters. The van der Waals surface area contributed by atoms with Crippen LogP contribution >= 0.6 is 0 Å². The Kier molecular flexibility index (Phi) is 4.46. The van der Waals surface area contributed by atoms with Gasteiger partial charge in [0.2, 0.25) is 0 Å². The van der Waals surface area contributed by atoms with Gasteiger partial charge in [-0.3, -0.25) is 4.90 Å². The first-order valence-electron chi connectivity index (χ1n) is 7.81. The zero-order valence-electron chi connectivity index (χ0n) is 12.9. The Balaban J connectivity index is 1.65. The smallest absolute Gasteiger partial charge is 0.118 e. The Bertz CT molecular complexity index is 555. The highest BCUT2D eigenvalue weighted by Gasteiger charge is 2.30. The minimum atomic E-state index is 0.678. The van der Waals surface area contributed by atoms with Crippen LogP contribution in [0, 0.1) is 6.92 Å². The molecule has 4 nitrogen and oxygen atoms in total. The van der Waals surface area contributed by atoms with Crippen LogP contribution in [0.15, 0.2) is 33.3 Å². The van der Waals surface area contributed by atoms with Gasteiger partial charge in [0.25, 0.3) is 0 Å². The van der Waals surface area contributed by atoms with Crippen molar-refractivity contribution in [3.63, 3.8) is 0 Å². The largest absolute Gasteiger partial charge is 0.468 e. The molecule has 0 aliphatic heterocycles. The number of hydrogen-bond acceptors (Lipinski definition) is 4. The van der Waals surface area contributed by atoms with Crippen LogP contribution in [-0.2, 0) is 19.6 Å². The molecule has 2 aromatic heterocycles. The SMILES string of the molecule is CCNCc1cc(CN(Cc2ccco2)C2CC2)oc1C. The lowest BCUT2D eigenvalue weighted by molar-refractivity contribution is 0.207. The zero-order chi connectivity index (χ0) is 14.7. The normalized spacial score (nSPS) is 15.0. The molecule has 2 aromatic rings. The summed E-state index contributed by atoms with van der Waals surface area (Å²) in [5.74, 6) is 3.11.